The van der Waals surface area contributed by atoms with Crippen LogP contribution in [0.3, 0.4) is 0 Å². The van der Waals surface area contributed by atoms with Crippen LogP contribution in [0.25, 0.3) is 0 Å². The quantitative estimate of drug-likeness (QED) is 0.734. The number of carbonyl (C=O) groups excluding carboxylic acids is 1. The van der Waals surface area contributed by atoms with Crippen molar-refractivity contribution < 1.29 is 9.53 Å². The van der Waals surface area contributed by atoms with Gasteiger partial charge in [-0.3, -0.25) is 4.79 Å². The fourth-order valence-electron chi connectivity index (χ4n) is 2.90. The van der Waals surface area contributed by atoms with Gasteiger partial charge in [0.25, 0.3) is 0 Å². The Hall–Kier alpha value is -0.610. The number of amides is 1. The summed E-state index contributed by atoms with van der Waals surface area (Å²) in [6.07, 6.45) is 5.21. The lowest BCUT2D eigenvalue weighted by atomic mass is 10.0. The standard InChI is InChI=1S/C13H22N2O2/c1-14-11-7-17-6-10(11)13(16)15-12(8-2-3-8)9-4-5-9/h8-12,14H,2-7H2,1H3,(H,15,16). The zero-order valence-corrected chi connectivity index (χ0v) is 10.4. The minimum Gasteiger partial charge on any atom is -0.379 e. The summed E-state index contributed by atoms with van der Waals surface area (Å²) >= 11 is 0. The predicted octanol–water partition coefficient (Wildman–Crippen LogP) is 0.526. The molecule has 0 bridgehead atoms. The Morgan fingerprint density at radius 2 is 1.82 bits per heavy atom. The SMILES string of the molecule is CNC1COCC1C(=O)NC(C1CC1)C1CC1. The second-order valence-electron chi connectivity index (χ2n) is 5.75. The lowest BCUT2D eigenvalue weighted by molar-refractivity contribution is -0.126. The molecule has 1 aliphatic heterocycles. The molecule has 2 saturated carbocycles. The third-order valence-electron chi connectivity index (χ3n) is 4.36. The van der Waals surface area contributed by atoms with E-state index in [-0.39, 0.29) is 17.9 Å². The van der Waals surface area contributed by atoms with Crippen LogP contribution in [-0.4, -0.2) is 38.3 Å². The highest BCUT2D eigenvalue weighted by Gasteiger charge is 2.44. The van der Waals surface area contributed by atoms with Crippen LogP contribution in [0, 0.1) is 17.8 Å². The minimum atomic E-state index is 0.000000000000000222. The number of likely N-dealkylation sites (N-methyl/N-ethyl adjacent to an activating group) is 1. The monoisotopic (exact) mass is 238 g/mol. The highest BCUT2D eigenvalue weighted by molar-refractivity contribution is 5.80. The molecule has 0 spiro atoms. The Labute approximate surface area is 102 Å². The molecule has 2 aliphatic carbocycles. The molecule has 0 aromatic rings. The van der Waals surface area contributed by atoms with Crippen LogP contribution in [0.1, 0.15) is 25.7 Å². The highest BCUT2D eigenvalue weighted by Crippen LogP contribution is 2.44. The molecule has 2 N–H and O–H groups in total. The van der Waals surface area contributed by atoms with E-state index in [1.165, 1.54) is 25.7 Å². The molecule has 2 atom stereocenters. The average Bonchev–Trinajstić information content (AvgIpc) is 3.23. The third kappa shape index (κ3) is 2.47. The molecule has 0 aromatic carbocycles. The molecule has 1 saturated heterocycles. The summed E-state index contributed by atoms with van der Waals surface area (Å²) in [6, 6.07) is 0.648. The third-order valence-corrected chi connectivity index (χ3v) is 4.36. The summed E-state index contributed by atoms with van der Waals surface area (Å²) in [7, 11) is 1.90. The maximum atomic E-state index is 12.3. The first-order valence-electron chi connectivity index (χ1n) is 6.85. The topological polar surface area (TPSA) is 50.4 Å². The summed E-state index contributed by atoms with van der Waals surface area (Å²) in [5.41, 5.74) is 0. The maximum Gasteiger partial charge on any atom is 0.227 e. The number of nitrogens with one attached hydrogen (secondary N) is 2. The smallest absolute Gasteiger partial charge is 0.227 e. The van der Waals surface area contributed by atoms with Gasteiger partial charge in [-0.1, -0.05) is 0 Å². The van der Waals surface area contributed by atoms with Crippen molar-refractivity contribution >= 4 is 5.91 Å². The van der Waals surface area contributed by atoms with Crippen LogP contribution < -0.4 is 10.6 Å². The number of hydrogen-bond acceptors (Lipinski definition) is 3. The number of carbonyl (C=O) groups is 1. The molecule has 4 heteroatoms. The van der Waals surface area contributed by atoms with Gasteiger partial charge in [0.05, 0.1) is 19.1 Å². The average molecular weight is 238 g/mol. The van der Waals surface area contributed by atoms with E-state index >= 15 is 0 Å². The van der Waals surface area contributed by atoms with Gasteiger partial charge in [0.2, 0.25) is 5.91 Å². The molecule has 3 rings (SSSR count). The van der Waals surface area contributed by atoms with Gasteiger partial charge in [-0.15, -0.1) is 0 Å². The summed E-state index contributed by atoms with van der Waals surface area (Å²) in [5, 5.41) is 6.46. The van der Waals surface area contributed by atoms with Gasteiger partial charge < -0.3 is 15.4 Å². The van der Waals surface area contributed by atoms with Gasteiger partial charge in [0.1, 0.15) is 0 Å². The minimum absolute atomic E-state index is 0.000000000000000222. The molecule has 2 unspecified atom stereocenters. The van der Waals surface area contributed by atoms with E-state index in [2.05, 4.69) is 10.6 Å². The molecule has 3 aliphatic rings. The molecule has 0 radical (unpaired) electrons. The van der Waals surface area contributed by atoms with Crippen LogP contribution in [0.5, 0.6) is 0 Å². The fourth-order valence-corrected chi connectivity index (χ4v) is 2.90. The van der Waals surface area contributed by atoms with Gasteiger partial charge in [-0.25, -0.2) is 0 Å². The van der Waals surface area contributed by atoms with E-state index in [4.69, 9.17) is 4.74 Å². The molecule has 0 aromatic heterocycles. The Bertz CT molecular complexity index is 288. The van der Waals surface area contributed by atoms with Crippen molar-refractivity contribution in [1.29, 1.82) is 0 Å². The van der Waals surface area contributed by atoms with E-state index in [1.807, 2.05) is 7.05 Å². The second-order valence-corrected chi connectivity index (χ2v) is 5.75. The van der Waals surface area contributed by atoms with Gasteiger partial charge in [0.15, 0.2) is 0 Å². The molecule has 17 heavy (non-hydrogen) atoms. The lowest BCUT2D eigenvalue weighted by Gasteiger charge is -2.22. The molecule has 96 valence electrons. The van der Waals surface area contributed by atoms with Crippen molar-refractivity contribution in [3.05, 3.63) is 0 Å². The first kappa shape index (κ1) is 11.5. The van der Waals surface area contributed by atoms with Crippen LogP contribution in [-0.2, 0) is 9.53 Å². The van der Waals surface area contributed by atoms with E-state index in [0.29, 0.717) is 19.3 Å². The largest absolute Gasteiger partial charge is 0.379 e. The molecule has 1 amide bonds. The van der Waals surface area contributed by atoms with Crippen molar-refractivity contribution in [3.63, 3.8) is 0 Å². The Kier molecular flexibility index (Phi) is 3.09. The molecular weight excluding hydrogens is 216 g/mol. The summed E-state index contributed by atoms with van der Waals surface area (Å²) < 4.78 is 5.39. The molecular formula is C13H22N2O2. The Balaban J connectivity index is 1.57. The molecule has 3 fully saturated rings. The normalized spacial score (nSPS) is 33.1. The van der Waals surface area contributed by atoms with Crippen molar-refractivity contribution in [1.82, 2.24) is 10.6 Å². The maximum absolute atomic E-state index is 12.3. The Morgan fingerprint density at radius 3 is 2.35 bits per heavy atom. The molecule has 4 nitrogen and oxygen atoms in total. The van der Waals surface area contributed by atoms with Gasteiger partial charge in [-0.05, 0) is 44.6 Å². The van der Waals surface area contributed by atoms with Gasteiger partial charge in [-0.2, -0.15) is 0 Å². The summed E-state index contributed by atoms with van der Waals surface area (Å²) in [6.45, 7) is 1.23. The van der Waals surface area contributed by atoms with Gasteiger partial charge >= 0.3 is 0 Å². The fraction of sp³-hybridized carbons (Fsp3) is 0.923. The zero-order valence-electron chi connectivity index (χ0n) is 10.4. The number of rotatable bonds is 5. The number of ether oxygens (including phenoxy) is 1. The second kappa shape index (κ2) is 4.58. The Morgan fingerprint density at radius 1 is 1.18 bits per heavy atom. The predicted molar refractivity (Wildman–Crippen MR) is 64.5 cm³/mol. The number of hydrogen-bond donors (Lipinski definition) is 2. The van der Waals surface area contributed by atoms with Crippen LogP contribution in [0.2, 0.25) is 0 Å². The van der Waals surface area contributed by atoms with Crippen LogP contribution in [0.15, 0.2) is 0 Å². The highest BCUT2D eigenvalue weighted by atomic mass is 16.5. The van der Waals surface area contributed by atoms with Crippen LogP contribution in [0.4, 0.5) is 0 Å². The van der Waals surface area contributed by atoms with E-state index in [1.54, 1.807) is 0 Å². The van der Waals surface area contributed by atoms with E-state index in [0.717, 1.165) is 11.8 Å². The zero-order chi connectivity index (χ0) is 11.8. The van der Waals surface area contributed by atoms with Crippen molar-refractivity contribution in [3.8, 4) is 0 Å². The summed E-state index contributed by atoms with van der Waals surface area (Å²) in [4.78, 5) is 12.3. The molecule has 1 heterocycles. The van der Waals surface area contributed by atoms with E-state index in [9.17, 15) is 4.79 Å². The lowest BCUT2D eigenvalue weighted by Crippen LogP contribution is -2.47. The van der Waals surface area contributed by atoms with Crippen molar-refractivity contribution in [2.45, 2.75) is 37.8 Å². The van der Waals surface area contributed by atoms with Crippen molar-refractivity contribution in [2.24, 2.45) is 17.8 Å². The van der Waals surface area contributed by atoms with Gasteiger partial charge in [0, 0.05) is 12.1 Å². The van der Waals surface area contributed by atoms with Crippen molar-refractivity contribution in [2.75, 3.05) is 20.3 Å². The summed E-state index contributed by atoms with van der Waals surface area (Å²) in [5.74, 6) is 1.73. The first-order valence-corrected chi connectivity index (χ1v) is 6.85. The van der Waals surface area contributed by atoms with Crippen LogP contribution >= 0.6 is 0 Å². The van der Waals surface area contributed by atoms with E-state index < -0.39 is 0 Å². The first-order chi connectivity index (χ1) is 8.29.